The van der Waals surface area contributed by atoms with E-state index in [9.17, 15) is 13.9 Å². The molecule has 0 saturated heterocycles. The van der Waals surface area contributed by atoms with Gasteiger partial charge < -0.3 is 5.11 Å². The summed E-state index contributed by atoms with van der Waals surface area (Å²) in [5.41, 5.74) is -0.449. The van der Waals surface area contributed by atoms with Gasteiger partial charge in [-0.15, -0.1) is 0 Å². The summed E-state index contributed by atoms with van der Waals surface area (Å²) < 4.78 is 27.0. The van der Waals surface area contributed by atoms with Gasteiger partial charge in [-0.05, 0) is 42.3 Å². The van der Waals surface area contributed by atoms with Gasteiger partial charge in [0.05, 0.1) is 0 Å². The Labute approximate surface area is 112 Å². The van der Waals surface area contributed by atoms with Gasteiger partial charge in [-0.25, -0.2) is 8.78 Å². The van der Waals surface area contributed by atoms with Crippen LogP contribution >= 0.6 is 15.9 Å². The van der Waals surface area contributed by atoms with Crippen LogP contribution in [0.3, 0.4) is 0 Å². The molecule has 1 nitrogen and oxygen atoms in total. The van der Waals surface area contributed by atoms with Crippen LogP contribution in [-0.4, -0.2) is 5.11 Å². The highest BCUT2D eigenvalue weighted by Crippen LogP contribution is 2.30. The Morgan fingerprint density at radius 3 is 2.06 bits per heavy atom. The van der Waals surface area contributed by atoms with Crippen LogP contribution in [-0.2, 0) is 5.60 Å². The van der Waals surface area contributed by atoms with Gasteiger partial charge in [0, 0.05) is 4.47 Å². The Bertz CT molecular complexity index is 565. The molecule has 0 heterocycles. The molecule has 0 spiro atoms. The minimum Gasteiger partial charge on any atom is -0.381 e. The van der Waals surface area contributed by atoms with Crippen LogP contribution in [0, 0.1) is 11.6 Å². The molecular formula is C14H11BrF2O. The van der Waals surface area contributed by atoms with E-state index in [0.29, 0.717) is 11.1 Å². The molecule has 0 aromatic heterocycles. The summed E-state index contributed by atoms with van der Waals surface area (Å²) in [5, 5.41) is 10.5. The first-order chi connectivity index (χ1) is 8.41. The number of hydrogen-bond donors (Lipinski definition) is 1. The van der Waals surface area contributed by atoms with Gasteiger partial charge in [-0.3, -0.25) is 0 Å². The lowest BCUT2D eigenvalue weighted by atomic mass is 9.88. The standard InChI is InChI=1S/C14H11BrF2O/c1-14(18,9-2-5-11(15)6-3-9)10-4-7-12(16)13(17)8-10/h2-8,18H,1H3. The SMILES string of the molecule is CC(O)(c1ccc(Br)cc1)c1ccc(F)c(F)c1. The van der Waals surface area contributed by atoms with Crippen molar-refractivity contribution in [2.24, 2.45) is 0 Å². The second-order valence-corrected chi connectivity index (χ2v) is 5.12. The van der Waals surface area contributed by atoms with Crippen molar-refractivity contribution in [2.45, 2.75) is 12.5 Å². The second kappa shape index (κ2) is 4.78. The second-order valence-electron chi connectivity index (χ2n) is 4.21. The Hall–Kier alpha value is -1.26. The van der Waals surface area contributed by atoms with E-state index in [4.69, 9.17) is 0 Å². The van der Waals surface area contributed by atoms with E-state index in [1.54, 1.807) is 31.2 Å². The summed E-state index contributed by atoms with van der Waals surface area (Å²) in [6.07, 6.45) is 0. The van der Waals surface area contributed by atoms with E-state index < -0.39 is 17.2 Å². The third kappa shape index (κ3) is 2.44. The summed E-state index contributed by atoms with van der Waals surface area (Å²) in [5.74, 6) is -1.89. The topological polar surface area (TPSA) is 20.2 Å². The maximum absolute atomic E-state index is 13.2. The normalized spacial score (nSPS) is 14.3. The highest BCUT2D eigenvalue weighted by Gasteiger charge is 2.26. The van der Waals surface area contributed by atoms with E-state index in [0.717, 1.165) is 16.6 Å². The van der Waals surface area contributed by atoms with Crippen LogP contribution in [0.4, 0.5) is 8.78 Å². The van der Waals surface area contributed by atoms with Gasteiger partial charge in [-0.1, -0.05) is 34.1 Å². The maximum Gasteiger partial charge on any atom is 0.159 e. The van der Waals surface area contributed by atoms with Gasteiger partial charge in [-0.2, -0.15) is 0 Å². The molecule has 1 unspecified atom stereocenters. The predicted molar refractivity (Wildman–Crippen MR) is 69.2 cm³/mol. The number of hydrogen-bond acceptors (Lipinski definition) is 1. The lowest BCUT2D eigenvalue weighted by molar-refractivity contribution is 0.102. The van der Waals surface area contributed by atoms with Crippen molar-refractivity contribution in [2.75, 3.05) is 0 Å². The molecule has 0 bridgehead atoms. The van der Waals surface area contributed by atoms with E-state index in [1.807, 2.05) is 0 Å². The minimum atomic E-state index is -1.37. The van der Waals surface area contributed by atoms with Crippen molar-refractivity contribution < 1.29 is 13.9 Å². The molecule has 0 aliphatic rings. The van der Waals surface area contributed by atoms with Crippen molar-refractivity contribution in [1.82, 2.24) is 0 Å². The van der Waals surface area contributed by atoms with Gasteiger partial charge >= 0.3 is 0 Å². The summed E-state index contributed by atoms with van der Waals surface area (Å²) in [4.78, 5) is 0. The van der Waals surface area contributed by atoms with Crippen molar-refractivity contribution in [3.05, 3.63) is 69.7 Å². The number of halogens is 3. The summed E-state index contributed by atoms with van der Waals surface area (Å²) in [6.45, 7) is 1.54. The first-order valence-corrected chi connectivity index (χ1v) is 6.14. The fraction of sp³-hybridized carbons (Fsp3) is 0.143. The van der Waals surface area contributed by atoms with Gasteiger partial charge in [0.1, 0.15) is 5.60 Å². The lowest BCUT2D eigenvalue weighted by Crippen LogP contribution is -2.23. The van der Waals surface area contributed by atoms with Crippen LogP contribution in [0.1, 0.15) is 18.1 Å². The zero-order valence-electron chi connectivity index (χ0n) is 9.62. The van der Waals surface area contributed by atoms with Crippen LogP contribution < -0.4 is 0 Å². The fourth-order valence-electron chi connectivity index (χ4n) is 1.74. The molecule has 4 heteroatoms. The molecule has 0 amide bonds. The number of aliphatic hydroxyl groups is 1. The monoisotopic (exact) mass is 312 g/mol. The largest absolute Gasteiger partial charge is 0.381 e. The van der Waals surface area contributed by atoms with Crippen LogP contribution in [0.5, 0.6) is 0 Å². The van der Waals surface area contributed by atoms with Crippen molar-refractivity contribution in [3.63, 3.8) is 0 Å². The first-order valence-electron chi connectivity index (χ1n) is 5.35. The average Bonchev–Trinajstić information content (AvgIpc) is 2.33. The Morgan fingerprint density at radius 1 is 0.944 bits per heavy atom. The quantitative estimate of drug-likeness (QED) is 0.889. The third-order valence-electron chi connectivity index (χ3n) is 2.89. The Balaban J connectivity index is 2.46. The van der Waals surface area contributed by atoms with Crippen molar-refractivity contribution in [3.8, 4) is 0 Å². The zero-order valence-corrected chi connectivity index (χ0v) is 11.2. The van der Waals surface area contributed by atoms with E-state index in [2.05, 4.69) is 15.9 Å². The predicted octanol–water partition coefficient (Wildman–Crippen LogP) is 3.98. The van der Waals surface area contributed by atoms with Crippen LogP contribution in [0.25, 0.3) is 0 Å². The first kappa shape index (κ1) is 13.2. The molecule has 0 radical (unpaired) electrons. The highest BCUT2D eigenvalue weighted by atomic mass is 79.9. The molecule has 2 aromatic carbocycles. The highest BCUT2D eigenvalue weighted by molar-refractivity contribution is 9.10. The van der Waals surface area contributed by atoms with Crippen LogP contribution in [0.2, 0.25) is 0 Å². The minimum absolute atomic E-state index is 0.309. The maximum atomic E-state index is 13.2. The van der Waals surface area contributed by atoms with Gasteiger partial charge in [0.15, 0.2) is 11.6 Å². The van der Waals surface area contributed by atoms with E-state index in [-0.39, 0.29) is 0 Å². The summed E-state index contributed by atoms with van der Waals surface area (Å²) >= 11 is 3.30. The molecule has 0 aliphatic heterocycles. The Morgan fingerprint density at radius 2 is 1.50 bits per heavy atom. The molecule has 0 aliphatic carbocycles. The van der Waals surface area contributed by atoms with E-state index in [1.165, 1.54) is 6.07 Å². The van der Waals surface area contributed by atoms with Gasteiger partial charge in [0.2, 0.25) is 0 Å². The number of rotatable bonds is 2. The molecule has 0 saturated carbocycles. The molecule has 2 rings (SSSR count). The van der Waals surface area contributed by atoms with E-state index >= 15 is 0 Å². The molecule has 2 aromatic rings. The smallest absolute Gasteiger partial charge is 0.159 e. The molecular weight excluding hydrogens is 302 g/mol. The lowest BCUT2D eigenvalue weighted by Gasteiger charge is -2.24. The molecule has 1 N–H and O–H groups in total. The summed E-state index contributed by atoms with van der Waals surface area (Å²) in [7, 11) is 0. The molecule has 0 fully saturated rings. The molecule has 94 valence electrons. The zero-order chi connectivity index (χ0) is 13.3. The molecule has 18 heavy (non-hydrogen) atoms. The molecule has 1 atom stereocenters. The third-order valence-corrected chi connectivity index (χ3v) is 3.42. The van der Waals surface area contributed by atoms with Crippen molar-refractivity contribution >= 4 is 15.9 Å². The Kier molecular flexibility index (Phi) is 3.50. The number of benzene rings is 2. The summed E-state index contributed by atoms with van der Waals surface area (Å²) in [6, 6.07) is 10.4. The van der Waals surface area contributed by atoms with Crippen LogP contribution in [0.15, 0.2) is 46.9 Å². The average molecular weight is 313 g/mol. The van der Waals surface area contributed by atoms with Gasteiger partial charge in [0.25, 0.3) is 0 Å². The fourth-order valence-corrected chi connectivity index (χ4v) is 2.00. The van der Waals surface area contributed by atoms with Crippen molar-refractivity contribution in [1.29, 1.82) is 0 Å².